The lowest BCUT2D eigenvalue weighted by Gasteiger charge is -2.17. The molecular weight excluding hydrogens is 150 g/mol. The molecule has 0 aromatic rings. The first-order chi connectivity index (χ1) is 5.85. The SMILES string of the molecule is CC#CCN(CCO)CCCC. The van der Waals surface area contributed by atoms with Gasteiger partial charge in [0.05, 0.1) is 13.2 Å². The standard InChI is InChI=1S/C10H19NO/c1-3-5-7-11(9-10-12)8-6-4-2/h12H,3,5,7-10H2,1-2H3. The third-order valence-corrected chi connectivity index (χ3v) is 1.72. The van der Waals surface area contributed by atoms with E-state index in [9.17, 15) is 0 Å². The number of rotatable bonds is 6. The van der Waals surface area contributed by atoms with E-state index in [2.05, 4.69) is 23.7 Å². The van der Waals surface area contributed by atoms with Crippen LogP contribution in [0.25, 0.3) is 0 Å². The highest BCUT2D eigenvalue weighted by Gasteiger charge is 1.99. The molecule has 0 radical (unpaired) electrons. The van der Waals surface area contributed by atoms with E-state index < -0.39 is 0 Å². The summed E-state index contributed by atoms with van der Waals surface area (Å²) in [7, 11) is 0. The van der Waals surface area contributed by atoms with Crippen molar-refractivity contribution in [2.24, 2.45) is 0 Å². The van der Waals surface area contributed by atoms with E-state index in [-0.39, 0.29) is 6.61 Å². The number of hydrogen-bond acceptors (Lipinski definition) is 2. The number of aliphatic hydroxyl groups excluding tert-OH is 1. The van der Waals surface area contributed by atoms with Crippen LogP contribution in [-0.2, 0) is 0 Å². The number of unbranched alkanes of at least 4 members (excludes halogenated alkanes) is 1. The van der Waals surface area contributed by atoms with Crippen molar-refractivity contribution in [1.82, 2.24) is 4.90 Å². The van der Waals surface area contributed by atoms with E-state index in [1.165, 1.54) is 12.8 Å². The number of nitrogens with zero attached hydrogens (tertiary/aromatic N) is 1. The minimum absolute atomic E-state index is 0.231. The van der Waals surface area contributed by atoms with Crippen molar-refractivity contribution in [3.05, 3.63) is 0 Å². The third-order valence-electron chi connectivity index (χ3n) is 1.72. The van der Waals surface area contributed by atoms with Crippen molar-refractivity contribution in [2.45, 2.75) is 26.7 Å². The van der Waals surface area contributed by atoms with E-state index in [1.807, 2.05) is 6.92 Å². The van der Waals surface area contributed by atoms with Gasteiger partial charge in [-0.2, -0.15) is 0 Å². The Morgan fingerprint density at radius 2 is 2.08 bits per heavy atom. The first-order valence-electron chi connectivity index (χ1n) is 4.58. The molecule has 0 aliphatic heterocycles. The molecule has 0 heterocycles. The Bertz CT molecular complexity index is 146. The van der Waals surface area contributed by atoms with E-state index >= 15 is 0 Å². The van der Waals surface area contributed by atoms with Crippen LogP contribution < -0.4 is 0 Å². The van der Waals surface area contributed by atoms with Gasteiger partial charge in [-0.3, -0.25) is 4.90 Å². The van der Waals surface area contributed by atoms with Gasteiger partial charge in [0.2, 0.25) is 0 Å². The molecule has 0 amide bonds. The average molecular weight is 169 g/mol. The summed E-state index contributed by atoms with van der Waals surface area (Å²) in [5.41, 5.74) is 0. The fourth-order valence-electron chi connectivity index (χ4n) is 0.984. The van der Waals surface area contributed by atoms with Gasteiger partial charge in [0.15, 0.2) is 0 Å². The van der Waals surface area contributed by atoms with E-state index in [0.29, 0.717) is 0 Å². The Balaban J connectivity index is 3.58. The van der Waals surface area contributed by atoms with Crippen molar-refractivity contribution in [3.63, 3.8) is 0 Å². The second-order valence-corrected chi connectivity index (χ2v) is 2.78. The van der Waals surface area contributed by atoms with Crippen LogP contribution in [0.3, 0.4) is 0 Å². The maximum Gasteiger partial charge on any atom is 0.0602 e. The van der Waals surface area contributed by atoms with E-state index in [0.717, 1.165) is 19.6 Å². The minimum Gasteiger partial charge on any atom is -0.395 e. The molecule has 0 aliphatic rings. The molecule has 0 rings (SSSR count). The van der Waals surface area contributed by atoms with Gasteiger partial charge in [0.1, 0.15) is 0 Å². The van der Waals surface area contributed by atoms with Gasteiger partial charge in [0.25, 0.3) is 0 Å². The van der Waals surface area contributed by atoms with Crippen LogP contribution in [0.15, 0.2) is 0 Å². The molecule has 0 aromatic carbocycles. The highest BCUT2D eigenvalue weighted by Crippen LogP contribution is 1.93. The lowest BCUT2D eigenvalue weighted by Crippen LogP contribution is -2.28. The molecule has 0 saturated heterocycles. The van der Waals surface area contributed by atoms with Crippen LogP contribution >= 0.6 is 0 Å². The quantitative estimate of drug-likeness (QED) is 0.602. The zero-order chi connectivity index (χ0) is 9.23. The second-order valence-electron chi connectivity index (χ2n) is 2.78. The smallest absolute Gasteiger partial charge is 0.0602 e. The van der Waals surface area contributed by atoms with Gasteiger partial charge in [0, 0.05) is 6.54 Å². The van der Waals surface area contributed by atoms with Crippen molar-refractivity contribution < 1.29 is 5.11 Å². The van der Waals surface area contributed by atoms with Crippen LogP contribution in [0.4, 0.5) is 0 Å². The van der Waals surface area contributed by atoms with Crippen LogP contribution in [0, 0.1) is 11.8 Å². The first kappa shape index (κ1) is 11.5. The predicted molar refractivity (Wildman–Crippen MR) is 51.9 cm³/mol. The lowest BCUT2D eigenvalue weighted by molar-refractivity contribution is 0.208. The number of aliphatic hydroxyl groups is 1. The summed E-state index contributed by atoms with van der Waals surface area (Å²) in [6.07, 6.45) is 2.38. The molecule has 0 atom stereocenters. The molecule has 1 N–H and O–H groups in total. The maximum absolute atomic E-state index is 8.75. The Morgan fingerprint density at radius 1 is 1.33 bits per heavy atom. The molecule has 0 aromatic heterocycles. The molecule has 0 spiro atoms. The Morgan fingerprint density at radius 3 is 2.58 bits per heavy atom. The molecule has 0 bridgehead atoms. The summed E-state index contributed by atoms with van der Waals surface area (Å²) in [5, 5.41) is 8.75. The van der Waals surface area contributed by atoms with Crippen molar-refractivity contribution >= 4 is 0 Å². The summed E-state index contributed by atoms with van der Waals surface area (Å²) < 4.78 is 0. The molecule has 2 heteroatoms. The Hall–Kier alpha value is -0.520. The summed E-state index contributed by atoms with van der Waals surface area (Å²) in [4.78, 5) is 2.18. The Kier molecular flexibility index (Phi) is 8.20. The first-order valence-corrected chi connectivity index (χ1v) is 4.58. The van der Waals surface area contributed by atoms with Crippen molar-refractivity contribution in [3.8, 4) is 11.8 Å². The van der Waals surface area contributed by atoms with Gasteiger partial charge in [-0.25, -0.2) is 0 Å². The van der Waals surface area contributed by atoms with Crippen molar-refractivity contribution in [1.29, 1.82) is 0 Å². The molecule has 0 fully saturated rings. The molecule has 0 saturated carbocycles. The fraction of sp³-hybridized carbons (Fsp3) is 0.800. The highest BCUT2D eigenvalue weighted by molar-refractivity contribution is 4.97. The summed E-state index contributed by atoms with van der Waals surface area (Å²) in [6.45, 7) is 6.83. The molecule has 2 nitrogen and oxygen atoms in total. The monoisotopic (exact) mass is 169 g/mol. The van der Waals surface area contributed by atoms with Gasteiger partial charge in [-0.1, -0.05) is 19.3 Å². The van der Waals surface area contributed by atoms with E-state index in [1.54, 1.807) is 0 Å². The van der Waals surface area contributed by atoms with Crippen LogP contribution in [0.5, 0.6) is 0 Å². The van der Waals surface area contributed by atoms with Gasteiger partial charge < -0.3 is 5.11 Å². The van der Waals surface area contributed by atoms with Gasteiger partial charge in [-0.05, 0) is 19.9 Å². The fourth-order valence-corrected chi connectivity index (χ4v) is 0.984. The number of hydrogen-bond donors (Lipinski definition) is 1. The zero-order valence-electron chi connectivity index (χ0n) is 8.14. The molecule has 70 valence electrons. The third kappa shape index (κ3) is 6.21. The summed E-state index contributed by atoms with van der Waals surface area (Å²) in [6, 6.07) is 0. The largest absolute Gasteiger partial charge is 0.395 e. The highest BCUT2D eigenvalue weighted by atomic mass is 16.3. The van der Waals surface area contributed by atoms with Crippen molar-refractivity contribution in [2.75, 3.05) is 26.2 Å². The molecule has 0 aliphatic carbocycles. The summed E-state index contributed by atoms with van der Waals surface area (Å²) >= 11 is 0. The van der Waals surface area contributed by atoms with Crippen LogP contribution in [0.2, 0.25) is 0 Å². The average Bonchev–Trinajstić information content (AvgIpc) is 2.10. The normalized spacial score (nSPS) is 9.67. The topological polar surface area (TPSA) is 23.5 Å². The van der Waals surface area contributed by atoms with E-state index in [4.69, 9.17) is 5.11 Å². The minimum atomic E-state index is 0.231. The van der Waals surface area contributed by atoms with Crippen LogP contribution in [0.1, 0.15) is 26.7 Å². The molecular formula is C10H19NO. The summed E-state index contributed by atoms with van der Waals surface area (Å²) in [5.74, 6) is 5.87. The lowest BCUT2D eigenvalue weighted by atomic mass is 10.3. The maximum atomic E-state index is 8.75. The van der Waals surface area contributed by atoms with Gasteiger partial charge in [-0.15, -0.1) is 5.92 Å². The second kappa shape index (κ2) is 8.58. The predicted octanol–water partition coefficient (Wildman–Crippen LogP) is 1.10. The molecule has 0 unspecified atom stereocenters. The Labute approximate surface area is 75.6 Å². The molecule has 12 heavy (non-hydrogen) atoms. The van der Waals surface area contributed by atoms with Gasteiger partial charge >= 0.3 is 0 Å². The zero-order valence-corrected chi connectivity index (χ0v) is 8.14. The van der Waals surface area contributed by atoms with Crippen LogP contribution in [-0.4, -0.2) is 36.2 Å².